The molecule has 1 fully saturated rings. The van der Waals surface area contributed by atoms with E-state index in [9.17, 15) is 9.18 Å². The van der Waals surface area contributed by atoms with Gasteiger partial charge in [-0.1, -0.05) is 12.1 Å². The second-order valence-electron chi connectivity index (χ2n) is 4.85. The molecule has 0 unspecified atom stereocenters. The average molecular weight is 263 g/mol. The van der Waals surface area contributed by atoms with E-state index >= 15 is 0 Å². The van der Waals surface area contributed by atoms with Crippen LogP contribution < -0.4 is 0 Å². The van der Waals surface area contributed by atoms with Crippen molar-refractivity contribution in [2.75, 3.05) is 13.1 Å². The van der Waals surface area contributed by atoms with Gasteiger partial charge >= 0.3 is 6.09 Å². The molecule has 4 nitrogen and oxygen atoms in total. The second kappa shape index (κ2) is 4.57. The molecule has 0 atom stereocenters. The third-order valence-electron chi connectivity index (χ3n) is 3.68. The van der Waals surface area contributed by atoms with Gasteiger partial charge in [0.25, 0.3) is 0 Å². The zero-order chi connectivity index (χ0) is 13.4. The molecule has 0 saturated carbocycles. The molecule has 2 heterocycles. The van der Waals surface area contributed by atoms with Gasteiger partial charge in [-0.3, -0.25) is 0 Å². The summed E-state index contributed by atoms with van der Waals surface area (Å²) >= 11 is 0. The van der Waals surface area contributed by atoms with Crippen LogP contribution >= 0.6 is 0 Å². The molecule has 3 rings (SSSR count). The number of carbonyl (C=O) groups is 1. The van der Waals surface area contributed by atoms with Crippen LogP contribution in [0.5, 0.6) is 0 Å². The summed E-state index contributed by atoms with van der Waals surface area (Å²) in [7, 11) is 0. The number of hydrogen-bond donors (Lipinski definition) is 1. The smallest absolute Gasteiger partial charge is 0.407 e. The lowest BCUT2D eigenvalue weighted by Gasteiger charge is -2.28. The molecule has 1 aromatic heterocycles. The van der Waals surface area contributed by atoms with E-state index < -0.39 is 6.09 Å². The normalized spacial score (nSPS) is 17.0. The number of nitrogens with zero attached hydrogens (tertiary/aromatic N) is 1. The van der Waals surface area contributed by atoms with Gasteiger partial charge in [-0.05, 0) is 25.0 Å². The highest BCUT2D eigenvalue weighted by Crippen LogP contribution is 2.33. The van der Waals surface area contributed by atoms with Crippen LogP contribution in [0.25, 0.3) is 11.0 Å². The molecule has 1 aliphatic rings. The summed E-state index contributed by atoms with van der Waals surface area (Å²) in [6.07, 6.45) is 0.552. The van der Waals surface area contributed by atoms with Crippen LogP contribution in [0.3, 0.4) is 0 Å². The zero-order valence-corrected chi connectivity index (χ0v) is 10.3. The number of benzene rings is 1. The van der Waals surface area contributed by atoms with Crippen molar-refractivity contribution in [3.63, 3.8) is 0 Å². The minimum absolute atomic E-state index is 0.169. The van der Waals surface area contributed by atoms with E-state index in [-0.39, 0.29) is 17.3 Å². The van der Waals surface area contributed by atoms with Crippen LogP contribution in [-0.2, 0) is 0 Å². The van der Waals surface area contributed by atoms with Crippen LogP contribution in [0, 0.1) is 5.82 Å². The summed E-state index contributed by atoms with van der Waals surface area (Å²) in [5.41, 5.74) is 0.290. The zero-order valence-electron chi connectivity index (χ0n) is 10.3. The Hall–Kier alpha value is -2.04. The van der Waals surface area contributed by atoms with Crippen molar-refractivity contribution in [3.8, 4) is 0 Å². The lowest BCUT2D eigenvalue weighted by molar-refractivity contribution is 0.130. The monoisotopic (exact) mass is 263 g/mol. The van der Waals surface area contributed by atoms with E-state index in [1.807, 2.05) is 12.1 Å². The van der Waals surface area contributed by atoms with Gasteiger partial charge in [-0.25, -0.2) is 9.18 Å². The summed E-state index contributed by atoms with van der Waals surface area (Å²) in [5.74, 6) is 0.569. The Morgan fingerprint density at radius 1 is 1.37 bits per heavy atom. The van der Waals surface area contributed by atoms with Crippen molar-refractivity contribution in [1.82, 2.24) is 4.90 Å². The number of rotatable bonds is 1. The van der Waals surface area contributed by atoms with Crippen molar-refractivity contribution in [3.05, 3.63) is 35.8 Å². The molecule has 1 saturated heterocycles. The minimum atomic E-state index is -0.880. The summed E-state index contributed by atoms with van der Waals surface area (Å²) in [6, 6.07) is 6.71. The number of furan rings is 1. The Morgan fingerprint density at radius 2 is 2.11 bits per heavy atom. The second-order valence-corrected chi connectivity index (χ2v) is 4.85. The number of hydrogen-bond acceptors (Lipinski definition) is 2. The molecule has 19 heavy (non-hydrogen) atoms. The Kier molecular flexibility index (Phi) is 2.89. The average Bonchev–Trinajstić information content (AvgIpc) is 2.84. The Balaban J connectivity index is 1.82. The largest absolute Gasteiger partial charge is 0.465 e. The molecule has 0 spiro atoms. The molecule has 2 aromatic rings. The quantitative estimate of drug-likeness (QED) is 0.857. The van der Waals surface area contributed by atoms with Gasteiger partial charge in [0.1, 0.15) is 5.76 Å². The molecule has 0 bridgehead atoms. The summed E-state index contributed by atoms with van der Waals surface area (Å²) < 4.78 is 19.1. The van der Waals surface area contributed by atoms with Gasteiger partial charge in [0.05, 0.1) is 0 Å². The first kappa shape index (κ1) is 12.0. The highest BCUT2D eigenvalue weighted by molar-refractivity contribution is 5.78. The number of fused-ring (bicyclic) bond motifs is 1. The Labute approximate surface area is 109 Å². The van der Waals surface area contributed by atoms with Gasteiger partial charge in [-0.15, -0.1) is 0 Å². The fraction of sp³-hybridized carbons (Fsp3) is 0.357. The van der Waals surface area contributed by atoms with Crippen LogP contribution in [0.1, 0.15) is 24.5 Å². The lowest BCUT2D eigenvalue weighted by Crippen LogP contribution is -2.36. The minimum Gasteiger partial charge on any atom is -0.465 e. The molecule has 0 radical (unpaired) electrons. The van der Waals surface area contributed by atoms with Crippen LogP contribution in [0.4, 0.5) is 9.18 Å². The number of piperidine rings is 1. The highest BCUT2D eigenvalue weighted by atomic mass is 19.1. The highest BCUT2D eigenvalue weighted by Gasteiger charge is 2.25. The van der Waals surface area contributed by atoms with Gasteiger partial charge in [0.2, 0.25) is 0 Å². The van der Waals surface area contributed by atoms with E-state index in [2.05, 4.69) is 0 Å². The maximum absolute atomic E-state index is 13.6. The number of carboxylic acid groups (broad SMARTS) is 1. The van der Waals surface area contributed by atoms with E-state index in [0.717, 1.165) is 11.1 Å². The first-order valence-corrected chi connectivity index (χ1v) is 6.31. The van der Waals surface area contributed by atoms with Gasteiger partial charge in [0.15, 0.2) is 11.4 Å². The fourth-order valence-corrected chi connectivity index (χ4v) is 2.60. The molecule has 100 valence electrons. The summed E-state index contributed by atoms with van der Waals surface area (Å²) in [6.45, 7) is 0.999. The lowest BCUT2D eigenvalue weighted by atomic mass is 9.94. The standard InChI is InChI=1S/C14H14FNO3/c15-11-3-1-2-10-8-12(19-13(10)11)9-4-6-16(7-5-9)14(17)18/h1-3,8-9H,4-7H2,(H,17,18). The van der Waals surface area contributed by atoms with E-state index in [4.69, 9.17) is 9.52 Å². The Morgan fingerprint density at radius 3 is 2.74 bits per heavy atom. The van der Waals surface area contributed by atoms with Gasteiger partial charge < -0.3 is 14.4 Å². The number of halogens is 1. The van der Waals surface area contributed by atoms with Crippen LogP contribution in [0.15, 0.2) is 28.7 Å². The fourth-order valence-electron chi connectivity index (χ4n) is 2.60. The molecule has 1 amide bonds. The van der Waals surface area contributed by atoms with E-state index in [1.165, 1.54) is 11.0 Å². The van der Waals surface area contributed by atoms with Crippen molar-refractivity contribution in [2.45, 2.75) is 18.8 Å². The maximum atomic E-state index is 13.6. The van der Waals surface area contributed by atoms with Crippen molar-refractivity contribution < 1.29 is 18.7 Å². The van der Waals surface area contributed by atoms with Crippen molar-refractivity contribution in [1.29, 1.82) is 0 Å². The first-order valence-electron chi connectivity index (χ1n) is 6.31. The van der Waals surface area contributed by atoms with E-state index in [1.54, 1.807) is 6.07 Å². The molecular weight excluding hydrogens is 249 g/mol. The topological polar surface area (TPSA) is 53.7 Å². The predicted octanol–water partition coefficient (Wildman–Crippen LogP) is 3.43. The molecular formula is C14H14FNO3. The molecule has 5 heteroatoms. The first-order chi connectivity index (χ1) is 9.15. The summed E-state index contributed by atoms with van der Waals surface area (Å²) in [4.78, 5) is 12.2. The molecule has 0 aliphatic carbocycles. The molecule has 1 aliphatic heterocycles. The number of para-hydroxylation sites is 1. The maximum Gasteiger partial charge on any atom is 0.407 e. The molecule has 1 N–H and O–H groups in total. The number of likely N-dealkylation sites (tertiary alicyclic amines) is 1. The van der Waals surface area contributed by atoms with Crippen LogP contribution in [-0.4, -0.2) is 29.2 Å². The predicted molar refractivity (Wildman–Crippen MR) is 67.7 cm³/mol. The number of amides is 1. The Bertz CT molecular complexity index is 614. The van der Waals surface area contributed by atoms with E-state index in [0.29, 0.717) is 25.9 Å². The van der Waals surface area contributed by atoms with Crippen molar-refractivity contribution >= 4 is 17.1 Å². The third-order valence-corrected chi connectivity index (χ3v) is 3.68. The van der Waals surface area contributed by atoms with Gasteiger partial charge in [-0.2, -0.15) is 0 Å². The van der Waals surface area contributed by atoms with Gasteiger partial charge in [0, 0.05) is 24.4 Å². The summed E-state index contributed by atoms with van der Waals surface area (Å²) in [5, 5.41) is 9.66. The SMILES string of the molecule is O=C(O)N1CCC(c2cc3cccc(F)c3o2)CC1. The van der Waals surface area contributed by atoms with Crippen LogP contribution in [0.2, 0.25) is 0 Å². The third kappa shape index (κ3) is 2.16. The molecule has 1 aromatic carbocycles. The van der Waals surface area contributed by atoms with Crippen molar-refractivity contribution in [2.24, 2.45) is 0 Å².